The van der Waals surface area contributed by atoms with Crippen LogP contribution in [0.2, 0.25) is 0 Å². The Morgan fingerprint density at radius 2 is 1.93 bits per heavy atom. The molecule has 1 atom stereocenters. The Morgan fingerprint density at radius 3 is 2.33 bits per heavy atom. The van der Waals surface area contributed by atoms with E-state index >= 15 is 0 Å². The molecule has 0 amide bonds. The molecule has 1 heterocycles. The van der Waals surface area contributed by atoms with Crippen molar-refractivity contribution in [2.24, 2.45) is 11.8 Å². The van der Waals surface area contributed by atoms with Crippen LogP contribution >= 0.6 is 0 Å². The van der Waals surface area contributed by atoms with Gasteiger partial charge >= 0.3 is 0 Å². The van der Waals surface area contributed by atoms with E-state index in [1.54, 1.807) is 4.31 Å². The first kappa shape index (κ1) is 11.4. The van der Waals surface area contributed by atoms with Gasteiger partial charge in [-0.3, -0.25) is 0 Å². The molecule has 4 heteroatoms. The van der Waals surface area contributed by atoms with Crippen molar-refractivity contribution in [2.45, 2.75) is 45.1 Å². The SMILES string of the molecule is CC(C)C1CCN(S(C)(=O)=O)C2(CC2)C1. The Balaban J connectivity index is 2.15. The maximum Gasteiger partial charge on any atom is 0.211 e. The van der Waals surface area contributed by atoms with Gasteiger partial charge in [0.15, 0.2) is 0 Å². The van der Waals surface area contributed by atoms with E-state index in [-0.39, 0.29) is 5.54 Å². The van der Waals surface area contributed by atoms with Crippen LogP contribution in [0, 0.1) is 11.8 Å². The third-order valence-electron chi connectivity index (χ3n) is 4.04. The van der Waals surface area contributed by atoms with Gasteiger partial charge in [0.1, 0.15) is 0 Å². The van der Waals surface area contributed by atoms with Gasteiger partial charge in [-0.1, -0.05) is 13.8 Å². The number of rotatable bonds is 2. The van der Waals surface area contributed by atoms with Crippen molar-refractivity contribution in [3.05, 3.63) is 0 Å². The Labute approximate surface area is 92.9 Å². The molecule has 3 nitrogen and oxygen atoms in total. The minimum absolute atomic E-state index is 0.0285. The van der Waals surface area contributed by atoms with Crippen molar-refractivity contribution in [1.82, 2.24) is 4.31 Å². The number of hydrogen-bond donors (Lipinski definition) is 0. The van der Waals surface area contributed by atoms with Crippen LogP contribution in [0.5, 0.6) is 0 Å². The maximum atomic E-state index is 11.6. The number of piperidine rings is 1. The van der Waals surface area contributed by atoms with Crippen LogP contribution in [-0.4, -0.2) is 31.1 Å². The topological polar surface area (TPSA) is 37.4 Å². The van der Waals surface area contributed by atoms with E-state index in [0.29, 0.717) is 11.8 Å². The van der Waals surface area contributed by atoms with Crippen LogP contribution in [0.4, 0.5) is 0 Å². The summed E-state index contributed by atoms with van der Waals surface area (Å²) in [6.45, 7) is 5.23. The summed E-state index contributed by atoms with van der Waals surface area (Å²) >= 11 is 0. The smallest absolute Gasteiger partial charge is 0.211 e. The minimum atomic E-state index is -2.99. The first-order valence-corrected chi connectivity index (χ1v) is 7.68. The molecule has 1 aliphatic carbocycles. The molecule has 2 aliphatic rings. The van der Waals surface area contributed by atoms with E-state index < -0.39 is 10.0 Å². The fourth-order valence-corrected chi connectivity index (χ4v) is 4.29. The Bertz CT molecular complexity index is 344. The Morgan fingerprint density at radius 1 is 1.33 bits per heavy atom. The lowest BCUT2D eigenvalue weighted by molar-refractivity contribution is 0.149. The molecule has 2 rings (SSSR count). The van der Waals surface area contributed by atoms with Gasteiger partial charge in [0.05, 0.1) is 6.26 Å². The molecular formula is C11H21NO2S. The fraction of sp³-hybridized carbons (Fsp3) is 1.00. The summed E-state index contributed by atoms with van der Waals surface area (Å²) in [6, 6.07) is 0. The molecule has 0 radical (unpaired) electrons. The molecule has 0 N–H and O–H groups in total. The van der Waals surface area contributed by atoms with Gasteiger partial charge in [0.2, 0.25) is 10.0 Å². The van der Waals surface area contributed by atoms with Gasteiger partial charge in [0, 0.05) is 12.1 Å². The molecule has 0 aromatic heterocycles. The normalized spacial score (nSPS) is 31.1. The summed E-state index contributed by atoms with van der Waals surface area (Å²) in [5, 5.41) is 0. The monoisotopic (exact) mass is 231 g/mol. The molecule has 1 unspecified atom stereocenters. The van der Waals surface area contributed by atoms with Gasteiger partial charge in [0.25, 0.3) is 0 Å². The summed E-state index contributed by atoms with van der Waals surface area (Å²) in [6.07, 6.45) is 5.61. The van der Waals surface area contributed by atoms with Crippen molar-refractivity contribution in [3.8, 4) is 0 Å². The highest BCUT2D eigenvalue weighted by atomic mass is 32.2. The molecule has 2 fully saturated rings. The first-order chi connectivity index (χ1) is 6.85. The molecule has 0 bridgehead atoms. The van der Waals surface area contributed by atoms with Crippen LogP contribution in [0.3, 0.4) is 0 Å². The standard InChI is InChI=1S/C11H21NO2S/c1-9(2)10-4-7-12(15(3,13)14)11(8-10)5-6-11/h9-10H,4-8H2,1-3H3. The van der Waals surface area contributed by atoms with Crippen molar-refractivity contribution in [3.63, 3.8) is 0 Å². The third kappa shape index (κ3) is 2.07. The van der Waals surface area contributed by atoms with Crippen molar-refractivity contribution in [2.75, 3.05) is 12.8 Å². The third-order valence-corrected chi connectivity index (χ3v) is 5.42. The average Bonchev–Trinajstić information content (AvgIpc) is 2.82. The lowest BCUT2D eigenvalue weighted by Gasteiger charge is -2.39. The summed E-state index contributed by atoms with van der Waals surface area (Å²) in [5.41, 5.74) is 0.0285. The Hall–Kier alpha value is -0.0900. The summed E-state index contributed by atoms with van der Waals surface area (Å²) < 4.78 is 25.1. The quantitative estimate of drug-likeness (QED) is 0.727. The molecule has 1 saturated heterocycles. The number of nitrogens with zero attached hydrogens (tertiary/aromatic N) is 1. The van der Waals surface area contributed by atoms with Gasteiger partial charge in [-0.2, -0.15) is 4.31 Å². The highest BCUT2D eigenvalue weighted by molar-refractivity contribution is 7.88. The maximum absolute atomic E-state index is 11.6. The molecule has 15 heavy (non-hydrogen) atoms. The molecule has 88 valence electrons. The summed E-state index contributed by atoms with van der Waals surface area (Å²) in [4.78, 5) is 0. The van der Waals surface area contributed by atoms with Crippen LogP contribution in [0.1, 0.15) is 39.5 Å². The zero-order chi connectivity index (χ0) is 11.3. The fourth-order valence-electron chi connectivity index (χ4n) is 2.90. The number of sulfonamides is 1. The zero-order valence-corrected chi connectivity index (χ0v) is 10.7. The van der Waals surface area contributed by atoms with E-state index in [4.69, 9.17) is 0 Å². The van der Waals surface area contributed by atoms with Crippen LogP contribution < -0.4 is 0 Å². The summed E-state index contributed by atoms with van der Waals surface area (Å²) in [5.74, 6) is 1.40. The van der Waals surface area contributed by atoms with Gasteiger partial charge in [-0.05, 0) is 37.5 Å². The average molecular weight is 231 g/mol. The van der Waals surface area contributed by atoms with Crippen LogP contribution in [0.15, 0.2) is 0 Å². The highest BCUT2D eigenvalue weighted by Crippen LogP contribution is 2.52. The number of hydrogen-bond acceptors (Lipinski definition) is 2. The van der Waals surface area contributed by atoms with Gasteiger partial charge in [-0.15, -0.1) is 0 Å². The molecular weight excluding hydrogens is 210 g/mol. The van der Waals surface area contributed by atoms with Crippen LogP contribution in [0.25, 0.3) is 0 Å². The lowest BCUT2D eigenvalue weighted by atomic mass is 9.83. The van der Waals surface area contributed by atoms with E-state index in [1.807, 2.05) is 0 Å². The molecule has 1 saturated carbocycles. The first-order valence-electron chi connectivity index (χ1n) is 5.83. The van der Waals surface area contributed by atoms with Crippen molar-refractivity contribution >= 4 is 10.0 Å². The zero-order valence-electron chi connectivity index (χ0n) is 9.86. The summed E-state index contributed by atoms with van der Waals surface area (Å²) in [7, 11) is -2.99. The second kappa shape index (κ2) is 3.45. The predicted molar refractivity (Wildman–Crippen MR) is 61.1 cm³/mol. The second-order valence-electron chi connectivity index (χ2n) is 5.56. The van der Waals surface area contributed by atoms with E-state index in [0.717, 1.165) is 32.2 Å². The van der Waals surface area contributed by atoms with E-state index in [9.17, 15) is 8.42 Å². The predicted octanol–water partition coefficient (Wildman–Crippen LogP) is 1.85. The van der Waals surface area contributed by atoms with E-state index in [2.05, 4.69) is 13.8 Å². The molecule has 1 spiro atoms. The van der Waals surface area contributed by atoms with Gasteiger partial charge in [-0.25, -0.2) is 8.42 Å². The Kier molecular flexibility index (Phi) is 2.62. The van der Waals surface area contributed by atoms with E-state index in [1.165, 1.54) is 6.26 Å². The molecule has 0 aromatic carbocycles. The van der Waals surface area contributed by atoms with Crippen LogP contribution in [-0.2, 0) is 10.0 Å². The van der Waals surface area contributed by atoms with Gasteiger partial charge < -0.3 is 0 Å². The van der Waals surface area contributed by atoms with Crippen molar-refractivity contribution in [1.29, 1.82) is 0 Å². The molecule has 0 aromatic rings. The largest absolute Gasteiger partial charge is 0.212 e. The lowest BCUT2D eigenvalue weighted by Crippen LogP contribution is -2.48. The molecule has 1 aliphatic heterocycles. The van der Waals surface area contributed by atoms with Crippen molar-refractivity contribution < 1.29 is 8.42 Å². The minimum Gasteiger partial charge on any atom is -0.212 e. The highest BCUT2D eigenvalue weighted by Gasteiger charge is 2.54. The second-order valence-corrected chi connectivity index (χ2v) is 7.46.